The number of imidazole rings is 1. The number of benzene rings is 1. The number of nitrogens with zero attached hydrogens (tertiary/aromatic N) is 5. The highest BCUT2D eigenvalue weighted by molar-refractivity contribution is 5.99. The molecule has 2 unspecified atom stereocenters. The van der Waals surface area contributed by atoms with Crippen molar-refractivity contribution in [3.8, 4) is 0 Å². The fourth-order valence-corrected chi connectivity index (χ4v) is 3.17. The highest BCUT2D eigenvalue weighted by atomic mass is 19.1. The topological polar surface area (TPSA) is 164 Å². The minimum atomic E-state index is -1.30. The van der Waals surface area contributed by atoms with Crippen LogP contribution in [0.25, 0.3) is 11.2 Å². The van der Waals surface area contributed by atoms with E-state index in [4.69, 9.17) is 10.5 Å². The number of ether oxygens (including phenoxy) is 1. The maximum absolute atomic E-state index is 13.1. The largest absolute Gasteiger partial charge is 0.394 e. The minimum absolute atomic E-state index is 0.0648. The van der Waals surface area contributed by atoms with Crippen LogP contribution in [0.4, 0.5) is 16.2 Å². The van der Waals surface area contributed by atoms with Crippen molar-refractivity contribution in [3.63, 3.8) is 0 Å². The van der Waals surface area contributed by atoms with Crippen LogP contribution in [0, 0.1) is 5.82 Å². The number of fused-ring (bicyclic) bond motifs is 1. The summed E-state index contributed by atoms with van der Waals surface area (Å²) in [6, 6.07) is 5.83. The maximum atomic E-state index is 13.1. The molecule has 1 aliphatic rings. The normalized spacial score (nSPS) is 24.5. The van der Waals surface area contributed by atoms with Gasteiger partial charge in [0.1, 0.15) is 29.6 Å². The van der Waals surface area contributed by atoms with Crippen molar-refractivity contribution in [1.29, 1.82) is 0 Å². The van der Waals surface area contributed by atoms with Crippen LogP contribution in [-0.4, -0.2) is 65.5 Å². The predicted molar refractivity (Wildman–Crippen MR) is 105 cm³/mol. The predicted octanol–water partition coefficient (Wildman–Crippen LogP) is -0.00480. The van der Waals surface area contributed by atoms with E-state index in [2.05, 4.69) is 25.5 Å². The monoisotopic (exact) mass is 417 g/mol. The summed E-state index contributed by atoms with van der Waals surface area (Å²) in [5.41, 5.74) is 10.5. The van der Waals surface area contributed by atoms with E-state index in [0.717, 1.165) is 0 Å². The van der Waals surface area contributed by atoms with Gasteiger partial charge in [0.25, 0.3) is 0 Å². The second-order valence-corrected chi connectivity index (χ2v) is 6.80. The molecule has 1 saturated heterocycles. The second kappa shape index (κ2) is 7.91. The number of rotatable bonds is 5. The van der Waals surface area contributed by atoms with Gasteiger partial charge < -0.3 is 25.8 Å². The second-order valence-electron chi connectivity index (χ2n) is 6.80. The first kappa shape index (κ1) is 20.1. The van der Waals surface area contributed by atoms with Gasteiger partial charge in [0.05, 0.1) is 18.6 Å². The number of nitrogens with one attached hydrogen (secondary N) is 1. The smallest absolute Gasteiger partial charge is 0.247 e. The molecule has 2 aromatic heterocycles. The number of aromatic nitrogens is 4. The number of halogens is 1. The van der Waals surface area contributed by atoms with Gasteiger partial charge in [-0.25, -0.2) is 14.8 Å². The Morgan fingerprint density at radius 2 is 2.00 bits per heavy atom. The van der Waals surface area contributed by atoms with Gasteiger partial charge in [-0.05, 0) is 24.6 Å². The van der Waals surface area contributed by atoms with E-state index in [1.807, 2.05) is 0 Å². The number of aliphatic hydroxyl groups excluding tert-OH is 3. The van der Waals surface area contributed by atoms with E-state index >= 15 is 0 Å². The molecule has 0 spiro atoms. The van der Waals surface area contributed by atoms with Gasteiger partial charge in [0.15, 0.2) is 17.7 Å². The molecule has 6 N–H and O–H groups in total. The van der Waals surface area contributed by atoms with E-state index < -0.39 is 31.1 Å². The lowest BCUT2D eigenvalue weighted by Crippen LogP contribution is -2.33. The van der Waals surface area contributed by atoms with E-state index in [0.29, 0.717) is 11.3 Å². The number of hydrazone groups is 1. The summed E-state index contributed by atoms with van der Waals surface area (Å²) in [7, 11) is 0. The fraction of sp³-hybridized carbons (Fsp3) is 0.333. The number of aliphatic hydroxyl groups is 3. The van der Waals surface area contributed by atoms with Crippen LogP contribution in [0.15, 0.2) is 35.7 Å². The summed E-state index contributed by atoms with van der Waals surface area (Å²) in [4.78, 5) is 12.6. The molecule has 0 saturated carbocycles. The van der Waals surface area contributed by atoms with Gasteiger partial charge >= 0.3 is 0 Å². The zero-order chi connectivity index (χ0) is 21.4. The lowest BCUT2D eigenvalue weighted by atomic mass is 10.1. The summed E-state index contributed by atoms with van der Waals surface area (Å²) >= 11 is 0. The van der Waals surface area contributed by atoms with Crippen molar-refractivity contribution < 1.29 is 24.4 Å². The molecule has 11 nitrogen and oxygen atoms in total. The van der Waals surface area contributed by atoms with Crippen LogP contribution < -0.4 is 11.2 Å². The lowest BCUT2D eigenvalue weighted by Gasteiger charge is -2.16. The summed E-state index contributed by atoms with van der Waals surface area (Å²) in [5.74, 6) is -0.211. The third-order valence-electron chi connectivity index (χ3n) is 4.83. The quantitative estimate of drug-likeness (QED) is 0.284. The molecule has 0 bridgehead atoms. The number of anilines is 2. The number of nitrogens with two attached hydrogens (primary N) is 1. The summed E-state index contributed by atoms with van der Waals surface area (Å²) in [6.45, 7) is 1.27. The summed E-state index contributed by atoms with van der Waals surface area (Å²) in [5, 5.41) is 33.8. The van der Waals surface area contributed by atoms with Crippen LogP contribution in [0.2, 0.25) is 0 Å². The van der Waals surface area contributed by atoms with Gasteiger partial charge in [-0.3, -0.25) is 4.57 Å². The van der Waals surface area contributed by atoms with Crippen LogP contribution in [-0.2, 0) is 4.74 Å². The van der Waals surface area contributed by atoms with Crippen LogP contribution in [0.5, 0.6) is 0 Å². The standard InChI is InChI=1S/C18H20FN7O4/c1-8(9-2-4-10(19)5-3-9)24-25-18-22-15(20)12-16(23-18)26(7-21-12)17-14(29)13(28)11(6-27)30-17/h2-5,7,11,13-14,17,27-29H,6H2,1H3,(H3,20,22,23,25)/t11-,13?,14?,17-/m1/s1. The highest BCUT2D eigenvalue weighted by Gasteiger charge is 2.44. The number of hydrogen-bond acceptors (Lipinski definition) is 10. The Hall–Kier alpha value is -3.19. The fourth-order valence-electron chi connectivity index (χ4n) is 3.17. The molecular formula is C18H20FN7O4. The van der Waals surface area contributed by atoms with Gasteiger partial charge in [0, 0.05) is 0 Å². The van der Waals surface area contributed by atoms with E-state index in [-0.39, 0.29) is 28.7 Å². The van der Waals surface area contributed by atoms with Crippen molar-refractivity contribution >= 4 is 28.6 Å². The molecule has 158 valence electrons. The van der Waals surface area contributed by atoms with Crippen molar-refractivity contribution in [2.75, 3.05) is 17.8 Å². The molecule has 4 rings (SSSR count). The van der Waals surface area contributed by atoms with Crippen molar-refractivity contribution in [3.05, 3.63) is 42.0 Å². The van der Waals surface area contributed by atoms with Gasteiger partial charge in [-0.1, -0.05) is 12.1 Å². The van der Waals surface area contributed by atoms with Gasteiger partial charge in [0.2, 0.25) is 5.95 Å². The first-order valence-corrected chi connectivity index (χ1v) is 9.07. The summed E-state index contributed by atoms with van der Waals surface area (Å²) in [6.07, 6.45) is -3.17. The maximum Gasteiger partial charge on any atom is 0.247 e. The Balaban J connectivity index is 1.64. The highest BCUT2D eigenvalue weighted by Crippen LogP contribution is 2.32. The molecule has 0 radical (unpaired) electrons. The Morgan fingerprint density at radius 1 is 1.27 bits per heavy atom. The lowest BCUT2D eigenvalue weighted by molar-refractivity contribution is -0.0511. The summed E-state index contributed by atoms with van der Waals surface area (Å²) < 4.78 is 20.0. The van der Waals surface area contributed by atoms with Crippen molar-refractivity contribution in [2.45, 2.75) is 31.5 Å². The first-order chi connectivity index (χ1) is 14.4. The molecule has 12 heteroatoms. The zero-order valence-electron chi connectivity index (χ0n) is 15.8. The Bertz CT molecular complexity index is 1090. The molecule has 0 amide bonds. The van der Waals surface area contributed by atoms with Crippen molar-refractivity contribution in [1.82, 2.24) is 19.5 Å². The Morgan fingerprint density at radius 3 is 2.67 bits per heavy atom. The average molecular weight is 417 g/mol. The van der Waals surface area contributed by atoms with Crippen LogP contribution >= 0.6 is 0 Å². The SMILES string of the molecule is CC(=NNc1nc(N)c2ncn([C@@H]3O[C@H](CO)C(O)C3O)c2n1)c1ccc(F)cc1. The molecule has 30 heavy (non-hydrogen) atoms. The molecule has 3 aromatic rings. The van der Waals surface area contributed by atoms with E-state index in [9.17, 15) is 19.7 Å². The number of nitrogen functional groups attached to an aromatic ring is 1. The molecule has 1 aromatic carbocycles. The Kier molecular flexibility index (Phi) is 5.30. The Labute approximate surface area is 169 Å². The molecule has 1 fully saturated rings. The zero-order valence-corrected chi connectivity index (χ0v) is 15.8. The molecule has 0 aliphatic carbocycles. The molecule has 4 atom stereocenters. The third-order valence-corrected chi connectivity index (χ3v) is 4.83. The average Bonchev–Trinajstić information content (AvgIpc) is 3.28. The van der Waals surface area contributed by atoms with Crippen LogP contribution in [0.1, 0.15) is 18.7 Å². The van der Waals surface area contributed by atoms with E-state index in [1.165, 1.54) is 23.0 Å². The van der Waals surface area contributed by atoms with Crippen LogP contribution in [0.3, 0.4) is 0 Å². The van der Waals surface area contributed by atoms with Crippen molar-refractivity contribution in [2.24, 2.45) is 5.10 Å². The first-order valence-electron chi connectivity index (χ1n) is 9.07. The molecule has 1 aliphatic heterocycles. The molecule has 3 heterocycles. The molecular weight excluding hydrogens is 397 g/mol. The van der Waals surface area contributed by atoms with Gasteiger partial charge in [-0.15, -0.1) is 0 Å². The van der Waals surface area contributed by atoms with Gasteiger partial charge in [-0.2, -0.15) is 15.1 Å². The number of hydrogen-bond donors (Lipinski definition) is 5. The van der Waals surface area contributed by atoms with E-state index in [1.54, 1.807) is 19.1 Å². The minimum Gasteiger partial charge on any atom is -0.394 e. The third kappa shape index (κ3) is 3.57.